The van der Waals surface area contributed by atoms with E-state index in [9.17, 15) is 0 Å². The molecule has 0 unspecified atom stereocenters. The van der Waals surface area contributed by atoms with E-state index in [1.54, 1.807) is 11.8 Å². The Labute approximate surface area is 117 Å². The highest BCUT2D eigenvalue weighted by molar-refractivity contribution is 7.98. The second kappa shape index (κ2) is 6.17. The first-order valence-electron chi connectivity index (χ1n) is 5.70. The molecule has 0 bridgehead atoms. The first-order valence-corrected chi connectivity index (χ1v) is 7.46. The van der Waals surface area contributed by atoms with Crippen LogP contribution in [0.25, 0.3) is 0 Å². The molecule has 0 radical (unpaired) electrons. The van der Waals surface area contributed by atoms with Crippen molar-refractivity contribution in [3.8, 4) is 11.5 Å². The van der Waals surface area contributed by atoms with Crippen molar-refractivity contribution < 1.29 is 4.74 Å². The molecule has 0 aliphatic carbocycles. The van der Waals surface area contributed by atoms with Gasteiger partial charge in [-0.25, -0.2) is 0 Å². The average molecular weight is 279 g/mol. The molecule has 0 aliphatic heterocycles. The van der Waals surface area contributed by atoms with E-state index in [0.29, 0.717) is 5.88 Å². The maximum absolute atomic E-state index is 5.88. The summed E-state index contributed by atoms with van der Waals surface area (Å²) in [5.41, 5.74) is 2.18. The molecule has 0 saturated heterocycles. The number of benzene rings is 2. The van der Waals surface area contributed by atoms with Crippen molar-refractivity contribution in [3.05, 3.63) is 53.6 Å². The van der Waals surface area contributed by atoms with E-state index < -0.39 is 0 Å². The SMILES string of the molecule is CSc1ccc(Oc2cc(CCl)ccc2C)cc1. The molecule has 18 heavy (non-hydrogen) atoms. The number of hydrogen-bond donors (Lipinski definition) is 0. The molecule has 0 saturated carbocycles. The first kappa shape index (κ1) is 13.3. The number of thioether (sulfide) groups is 1. The van der Waals surface area contributed by atoms with Crippen LogP contribution in [0, 0.1) is 6.92 Å². The van der Waals surface area contributed by atoms with Crippen LogP contribution in [0.2, 0.25) is 0 Å². The lowest BCUT2D eigenvalue weighted by molar-refractivity contribution is 0.478. The van der Waals surface area contributed by atoms with Crippen molar-refractivity contribution in [1.82, 2.24) is 0 Å². The summed E-state index contributed by atoms with van der Waals surface area (Å²) in [5.74, 6) is 2.22. The van der Waals surface area contributed by atoms with Crippen molar-refractivity contribution in [3.63, 3.8) is 0 Å². The number of halogens is 1. The van der Waals surface area contributed by atoms with E-state index in [1.165, 1.54) is 4.90 Å². The van der Waals surface area contributed by atoms with Crippen LogP contribution in [-0.4, -0.2) is 6.26 Å². The Hall–Kier alpha value is -1.12. The normalized spacial score (nSPS) is 10.4. The van der Waals surface area contributed by atoms with Gasteiger partial charge in [-0.05, 0) is 54.6 Å². The fraction of sp³-hybridized carbons (Fsp3) is 0.200. The molecule has 0 heterocycles. The minimum Gasteiger partial charge on any atom is -0.457 e. The highest BCUT2D eigenvalue weighted by Gasteiger charge is 2.03. The third-order valence-electron chi connectivity index (χ3n) is 2.69. The number of aryl methyl sites for hydroxylation is 1. The van der Waals surface area contributed by atoms with Gasteiger partial charge in [0.2, 0.25) is 0 Å². The molecule has 0 aromatic heterocycles. The van der Waals surface area contributed by atoms with Crippen molar-refractivity contribution in [1.29, 1.82) is 0 Å². The van der Waals surface area contributed by atoms with Gasteiger partial charge in [0.15, 0.2) is 0 Å². The maximum Gasteiger partial charge on any atom is 0.130 e. The van der Waals surface area contributed by atoms with E-state index in [4.69, 9.17) is 16.3 Å². The lowest BCUT2D eigenvalue weighted by Gasteiger charge is -2.10. The Morgan fingerprint density at radius 3 is 2.44 bits per heavy atom. The molecule has 0 aliphatic rings. The predicted molar refractivity (Wildman–Crippen MR) is 79.0 cm³/mol. The third-order valence-corrected chi connectivity index (χ3v) is 3.75. The zero-order chi connectivity index (χ0) is 13.0. The van der Waals surface area contributed by atoms with Gasteiger partial charge < -0.3 is 4.74 Å². The van der Waals surface area contributed by atoms with Gasteiger partial charge in [-0.1, -0.05) is 12.1 Å². The van der Waals surface area contributed by atoms with Crippen molar-refractivity contribution in [2.45, 2.75) is 17.7 Å². The molecule has 0 spiro atoms. The van der Waals surface area contributed by atoms with Gasteiger partial charge in [-0.2, -0.15) is 0 Å². The van der Waals surface area contributed by atoms with Crippen LogP contribution < -0.4 is 4.74 Å². The minimum absolute atomic E-state index is 0.502. The van der Waals surface area contributed by atoms with Crippen LogP contribution in [0.4, 0.5) is 0 Å². The predicted octanol–water partition coefficient (Wildman–Crippen LogP) is 5.25. The topological polar surface area (TPSA) is 9.23 Å². The highest BCUT2D eigenvalue weighted by Crippen LogP contribution is 2.28. The van der Waals surface area contributed by atoms with Crippen LogP contribution in [0.15, 0.2) is 47.4 Å². The van der Waals surface area contributed by atoms with Crippen LogP contribution in [0.5, 0.6) is 11.5 Å². The van der Waals surface area contributed by atoms with E-state index in [0.717, 1.165) is 22.6 Å². The van der Waals surface area contributed by atoms with Crippen LogP contribution in [0.1, 0.15) is 11.1 Å². The smallest absolute Gasteiger partial charge is 0.130 e. The summed E-state index contributed by atoms with van der Waals surface area (Å²) < 4.78 is 5.88. The number of rotatable bonds is 4. The van der Waals surface area contributed by atoms with Gasteiger partial charge in [-0.15, -0.1) is 23.4 Å². The lowest BCUT2D eigenvalue weighted by atomic mass is 10.1. The summed E-state index contributed by atoms with van der Waals surface area (Å²) in [6, 6.07) is 14.1. The monoisotopic (exact) mass is 278 g/mol. The second-order valence-electron chi connectivity index (χ2n) is 4.01. The number of hydrogen-bond acceptors (Lipinski definition) is 2. The Kier molecular flexibility index (Phi) is 4.56. The zero-order valence-electron chi connectivity index (χ0n) is 10.4. The summed E-state index contributed by atoms with van der Waals surface area (Å²) in [6.07, 6.45) is 2.06. The summed E-state index contributed by atoms with van der Waals surface area (Å²) in [5, 5.41) is 0. The molecule has 0 amide bonds. The Morgan fingerprint density at radius 1 is 1.11 bits per heavy atom. The van der Waals surface area contributed by atoms with Crippen molar-refractivity contribution in [2.75, 3.05) is 6.26 Å². The highest BCUT2D eigenvalue weighted by atomic mass is 35.5. The molecular weight excluding hydrogens is 264 g/mol. The fourth-order valence-electron chi connectivity index (χ4n) is 1.61. The van der Waals surface area contributed by atoms with Gasteiger partial charge >= 0.3 is 0 Å². The molecule has 0 fully saturated rings. The summed E-state index contributed by atoms with van der Waals surface area (Å²) in [7, 11) is 0. The van der Waals surface area contributed by atoms with E-state index in [2.05, 4.69) is 18.4 Å². The number of alkyl halides is 1. The maximum atomic E-state index is 5.88. The van der Waals surface area contributed by atoms with Gasteiger partial charge in [0.25, 0.3) is 0 Å². The van der Waals surface area contributed by atoms with Gasteiger partial charge in [0.1, 0.15) is 11.5 Å². The van der Waals surface area contributed by atoms with Gasteiger partial charge in [0.05, 0.1) is 0 Å². The van der Waals surface area contributed by atoms with Crippen molar-refractivity contribution >= 4 is 23.4 Å². The zero-order valence-corrected chi connectivity index (χ0v) is 12.0. The third kappa shape index (κ3) is 3.21. The summed E-state index contributed by atoms with van der Waals surface area (Å²) in [4.78, 5) is 1.23. The van der Waals surface area contributed by atoms with E-state index >= 15 is 0 Å². The summed E-state index contributed by atoms with van der Waals surface area (Å²) >= 11 is 7.56. The summed E-state index contributed by atoms with van der Waals surface area (Å²) in [6.45, 7) is 2.03. The van der Waals surface area contributed by atoms with Gasteiger partial charge in [-0.3, -0.25) is 0 Å². The largest absolute Gasteiger partial charge is 0.457 e. The molecule has 0 atom stereocenters. The molecule has 3 heteroatoms. The van der Waals surface area contributed by atoms with E-state index in [1.807, 2.05) is 37.3 Å². The standard InChI is InChI=1S/C15H15ClOS/c1-11-3-4-12(10-16)9-15(11)17-13-5-7-14(18-2)8-6-13/h3-9H,10H2,1-2H3. The molecular formula is C15H15ClOS. The molecule has 0 N–H and O–H groups in total. The van der Waals surface area contributed by atoms with E-state index in [-0.39, 0.29) is 0 Å². The minimum atomic E-state index is 0.502. The molecule has 2 aromatic carbocycles. The fourth-order valence-corrected chi connectivity index (χ4v) is 2.18. The Balaban J connectivity index is 2.21. The lowest BCUT2D eigenvalue weighted by Crippen LogP contribution is -1.89. The number of ether oxygens (including phenoxy) is 1. The van der Waals surface area contributed by atoms with Crippen molar-refractivity contribution in [2.24, 2.45) is 0 Å². The quantitative estimate of drug-likeness (QED) is 0.558. The molecule has 2 aromatic rings. The Bertz CT molecular complexity index is 523. The molecule has 1 nitrogen and oxygen atoms in total. The van der Waals surface area contributed by atoms with Gasteiger partial charge in [0, 0.05) is 10.8 Å². The second-order valence-corrected chi connectivity index (χ2v) is 5.16. The first-order chi connectivity index (χ1) is 8.72. The molecule has 2 rings (SSSR count). The van der Waals surface area contributed by atoms with Crippen LogP contribution in [0.3, 0.4) is 0 Å². The Morgan fingerprint density at radius 2 is 1.83 bits per heavy atom. The average Bonchev–Trinajstić information content (AvgIpc) is 2.42. The van der Waals surface area contributed by atoms with Crippen LogP contribution in [-0.2, 0) is 5.88 Å². The molecule has 94 valence electrons. The van der Waals surface area contributed by atoms with Crippen LogP contribution >= 0.6 is 23.4 Å².